The van der Waals surface area contributed by atoms with E-state index in [0.717, 1.165) is 56.4 Å². The third-order valence-electron chi connectivity index (χ3n) is 3.74. The molecule has 0 radical (unpaired) electrons. The molecule has 0 saturated heterocycles. The van der Waals surface area contributed by atoms with Crippen LogP contribution in [-0.2, 0) is 17.7 Å². The molecule has 0 bridgehead atoms. The second kappa shape index (κ2) is 10.6. The summed E-state index contributed by atoms with van der Waals surface area (Å²) in [6, 6.07) is 5.97. The molecule has 2 aromatic heterocycles. The van der Waals surface area contributed by atoms with Crippen molar-refractivity contribution in [3.63, 3.8) is 0 Å². The molecule has 2 aromatic rings. The van der Waals surface area contributed by atoms with Gasteiger partial charge in [0.1, 0.15) is 5.76 Å². The molecular formula is C18H29N5O2. The van der Waals surface area contributed by atoms with Crippen LogP contribution in [0.4, 0.5) is 0 Å². The normalized spacial score (nSPS) is 11.7. The summed E-state index contributed by atoms with van der Waals surface area (Å²) in [5.41, 5.74) is 2.25. The van der Waals surface area contributed by atoms with Gasteiger partial charge in [-0.2, -0.15) is 5.10 Å². The lowest BCUT2D eigenvalue weighted by Crippen LogP contribution is -2.40. The molecule has 7 nitrogen and oxygen atoms in total. The maximum atomic E-state index is 5.34. The van der Waals surface area contributed by atoms with E-state index in [1.807, 2.05) is 23.7 Å². The summed E-state index contributed by atoms with van der Waals surface area (Å²) in [7, 11) is 1.69. The van der Waals surface area contributed by atoms with Gasteiger partial charge in [0, 0.05) is 45.4 Å². The SMILES string of the molecule is COCCNC(=NCCCn1nc(C)cc1C)NCCc1ccco1. The smallest absolute Gasteiger partial charge is 0.191 e. The first-order chi connectivity index (χ1) is 12.2. The summed E-state index contributed by atoms with van der Waals surface area (Å²) in [5, 5.41) is 11.1. The van der Waals surface area contributed by atoms with Crippen molar-refractivity contribution in [2.45, 2.75) is 33.2 Å². The first-order valence-electron chi connectivity index (χ1n) is 8.73. The van der Waals surface area contributed by atoms with Crippen molar-refractivity contribution in [3.05, 3.63) is 41.6 Å². The average Bonchev–Trinajstić information content (AvgIpc) is 3.21. The van der Waals surface area contributed by atoms with Crippen molar-refractivity contribution in [1.82, 2.24) is 20.4 Å². The number of aryl methyl sites for hydroxylation is 3. The van der Waals surface area contributed by atoms with E-state index in [9.17, 15) is 0 Å². The zero-order valence-electron chi connectivity index (χ0n) is 15.4. The molecule has 0 spiro atoms. The Morgan fingerprint density at radius 3 is 2.84 bits per heavy atom. The number of nitrogens with zero attached hydrogens (tertiary/aromatic N) is 3. The van der Waals surface area contributed by atoms with Crippen LogP contribution in [0.15, 0.2) is 33.9 Å². The van der Waals surface area contributed by atoms with Crippen LogP contribution in [0, 0.1) is 13.8 Å². The zero-order chi connectivity index (χ0) is 17.9. The van der Waals surface area contributed by atoms with Gasteiger partial charge in [-0.15, -0.1) is 0 Å². The van der Waals surface area contributed by atoms with Crippen molar-refractivity contribution in [1.29, 1.82) is 0 Å². The molecule has 0 saturated carbocycles. The van der Waals surface area contributed by atoms with Crippen LogP contribution in [0.2, 0.25) is 0 Å². The lowest BCUT2D eigenvalue weighted by molar-refractivity contribution is 0.203. The third kappa shape index (κ3) is 7.01. The van der Waals surface area contributed by atoms with E-state index in [2.05, 4.69) is 33.7 Å². The van der Waals surface area contributed by atoms with Gasteiger partial charge < -0.3 is 19.8 Å². The van der Waals surface area contributed by atoms with Gasteiger partial charge in [0.05, 0.1) is 18.6 Å². The van der Waals surface area contributed by atoms with E-state index in [4.69, 9.17) is 9.15 Å². The van der Waals surface area contributed by atoms with Gasteiger partial charge in [-0.25, -0.2) is 0 Å². The second-order valence-corrected chi connectivity index (χ2v) is 5.91. The van der Waals surface area contributed by atoms with Gasteiger partial charge in [-0.1, -0.05) is 0 Å². The number of guanidine groups is 1. The summed E-state index contributed by atoms with van der Waals surface area (Å²) in [6.45, 7) is 7.84. The zero-order valence-corrected chi connectivity index (χ0v) is 15.4. The van der Waals surface area contributed by atoms with Crippen LogP contribution in [0.1, 0.15) is 23.6 Å². The summed E-state index contributed by atoms with van der Waals surface area (Å²) in [5.74, 6) is 1.77. The Morgan fingerprint density at radius 1 is 1.32 bits per heavy atom. The lowest BCUT2D eigenvalue weighted by atomic mass is 10.3. The molecular weight excluding hydrogens is 318 g/mol. The fourth-order valence-corrected chi connectivity index (χ4v) is 2.52. The molecule has 0 unspecified atom stereocenters. The largest absolute Gasteiger partial charge is 0.469 e. The summed E-state index contributed by atoms with van der Waals surface area (Å²) < 4.78 is 12.5. The quantitative estimate of drug-likeness (QED) is 0.390. The predicted molar refractivity (Wildman–Crippen MR) is 98.9 cm³/mol. The minimum absolute atomic E-state index is 0.643. The number of aliphatic imine (C=N–C) groups is 1. The third-order valence-corrected chi connectivity index (χ3v) is 3.74. The minimum atomic E-state index is 0.643. The highest BCUT2D eigenvalue weighted by atomic mass is 16.5. The maximum absolute atomic E-state index is 5.34. The van der Waals surface area contributed by atoms with E-state index in [0.29, 0.717) is 6.61 Å². The van der Waals surface area contributed by atoms with Crippen molar-refractivity contribution in [2.24, 2.45) is 4.99 Å². The van der Waals surface area contributed by atoms with Crippen molar-refractivity contribution in [3.8, 4) is 0 Å². The fraction of sp³-hybridized carbons (Fsp3) is 0.556. The first kappa shape index (κ1) is 19.1. The lowest BCUT2D eigenvalue weighted by Gasteiger charge is -2.12. The van der Waals surface area contributed by atoms with Gasteiger partial charge in [0.25, 0.3) is 0 Å². The van der Waals surface area contributed by atoms with Crippen LogP contribution < -0.4 is 10.6 Å². The Hall–Kier alpha value is -2.28. The van der Waals surface area contributed by atoms with E-state index in [1.165, 1.54) is 5.69 Å². The Kier molecular flexibility index (Phi) is 8.04. The van der Waals surface area contributed by atoms with Crippen LogP contribution >= 0.6 is 0 Å². The molecule has 0 amide bonds. The number of rotatable bonds is 10. The molecule has 138 valence electrons. The molecule has 0 aromatic carbocycles. The monoisotopic (exact) mass is 347 g/mol. The fourth-order valence-electron chi connectivity index (χ4n) is 2.52. The second-order valence-electron chi connectivity index (χ2n) is 5.91. The minimum Gasteiger partial charge on any atom is -0.469 e. The number of aromatic nitrogens is 2. The molecule has 2 N–H and O–H groups in total. The first-order valence-corrected chi connectivity index (χ1v) is 8.73. The summed E-state index contributed by atoms with van der Waals surface area (Å²) in [6.07, 6.45) is 3.46. The van der Waals surface area contributed by atoms with Gasteiger partial charge in [0.15, 0.2) is 5.96 Å². The van der Waals surface area contributed by atoms with Gasteiger partial charge >= 0.3 is 0 Å². The van der Waals surface area contributed by atoms with E-state index >= 15 is 0 Å². The Bertz CT molecular complexity index is 634. The van der Waals surface area contributed by atoms with E-state index in [1.54, 1.807) is 13.4 Å². The molecule has 25 heavy (non-hydrogen) atoms. The molecule has 0 atom stereocenters. The highest BCUT2D eigenvalue weighted by Gasteiger charge is 2.02. The van der Waals surface area contributed by atoms with E-state index in [-0.39, 0.29) is 0 Å². The molecule has 0 aliphatic rings. The number of methoxy groups -OCH3 is 1. The number of nitrogens with one attached hydrogen (secondary N) is 2. The average molecular weight is 347 g/mol. The van der Waals surface area contributed by atoms with Crippen LogP contribution in [0.3, 0.4) is 0 Å². The molecule has 0 aliphatic heterocycles. The Morgan fingerprint density at radius 2 is 2.16 bits per heavy atom. The summed E-state index contributed by atoms with van der Waals surface area (Å²) >= 11 is 0. The number of furan rings is 1. The van der Waals surface area contributed by atoms with Crippen molar-refractivity contribution < 1.29 is 9.15 Å². The number of hydrogen-bond donors (Lipinski definition) is 2. The molecule has 0 fully saturated rings. The van der Waals surface area contributed by atoms with E-state index < -0.39 is 0 Å². The Balaban J connectivity index is 1.76. The maximum Gasteiger partial charge on any atom is 0.191 e. The van der Waals surface area contributed by atoms with Crippen LogP contribution in [-0.4, -0.2) is 49.1 Å². The van der Waals surface area contributed by atoms with Crippen molar-refractivity contribution in [2.75, 3.05) is 33.4 Å². The van der Waals surface area contributed by atoms with Gasteiger partial charge in [0.2, 0.25) is 0 Å². The molecule has 2 rings (SSSR count). The van der Waals surface area contributed by atoms with Gasteiger partial charge in [-0.3, -0.25) is 9.67 Å². The molecule has 7 heteroatoms. The summed E-state index contributed by atoms with van der Waals surface area (Å²) in [4.78, 5) is 4.63. The standard InChI is InChI=1S/C18H29N5O2/c1-15-14-16(2)23(22-15)11-5-8-19-18(21-10-13-24-3)20-9-7-17-6-4-12-25-17/h4,6,12,14H,5,7-11,13H2,1-3H3,(H2,19,20,21). The molecule has 0 aliphatic carbocycles. The predicted octanol–water partition coefficient (Wildman–Crippen LogP) is 1.91. The highest BCUT2D eigenvalue weighted by molar-refractivity contribution is 5.79. The van der Waals surface area contributed by atoms with Crippen molar-refractivity contribution >= 4 is 5.96 Å². The van der Waals surface area contributed by atoms with Crippen LogP contribution in [0.25, 0.3) is 0 Å². The Labute approximate surface area is 149 Å². The van der Waals surface area contributed by atoms with Gasteiger partial charge in [-0.05, 0) is 38.5 Å². The highest BCUT2D eigenvalue weighted by Crippen LogP contribution is 2.02. The van der Waals surface area contributed by atoms with Crippen LogP contribution in [0.5, 0.6) is 0 Å². The number of ether oxygens (including phenoxy) is 1. The molecule has 2 heterocycles. The number of hydrogen-bond acceptors (Lipinski definition) is 4. The topological polar surface area (TPSA) is 76.6 Å².